The molecule has 0 spiro atoms. The lowest BCUT2D eigenvalue weighted by molar-refractivity contribution is 0.0692. The standard InChI is InChI=1S/C15H14ClNO3/c1-8-4-5-17-14(12(8)15(18)19)20-13-9(2)6-11(16)7-10(13)3/h4-7H,1-3H3,(H,18,19). The molecule has 104 valence electrons. The minimum Gasteiger partial charge on any atom is -0.477 e. The summed E-state index contributed by atoms with van der Waals surface area (Å²) in [6.07, 6.45) is 1.53. The number of ether oxygens (including phenoxy) is 1. The third-order valence-corrected chi connectivity index (χ3v) is 3.18. The van der Waals surface area contributed by atoms with Gasteiger partial charge in [-0.2, -0.15) is 0 Å². The Labute approximate surface area is 122 Å². The third-order valence-electron chi connectivity index (χ3n) is 2.96. The van der Waals surface area contributed by atoms with E-state index in [0.717, 1.165) is 11.1 Å². The molecule has 5 heteroatoms. The average Bonchev–Trinajstić information content (AvgIpc) is 2.33. The summed E-state index contributed by atoms with van der Waals surface area (Å²) in [5.74, 6) is -0.393. The van der Waals surface area contributed by atoms with Crippen LogP contribution >= 0.6 is 11.6 Å². The predicted octanol–water partition coefficient (Wildman–Crippen LogP) is 4.15. The van der Waals surface area contributed by atoms with Gasteiger partial charge in [-0.1, -0.05) is 11.6 Å². The number of aryl methyl sites for hydroxylation is 3. The van der Waals surface area contributed by atoms with Gasteiger partial charge >= 0.3 is 5.97 Å². The van der Waals surface area contributed by atoms with E-state index in [2.05, 4.69) is 4.98 Å². The summed E-state index contributed by atoms with van der Waals surface area (Å²) in [7, 11) is 0. The topological polar surface area (TPSA) is 59.4 Å². The van der Waals surface area contributed by atoms with Crippen molar-refractivity contribution in [1.29, 1.82) is 0 Å². The van der Waals surface area contributed by atoms with Crippen LogP contribution in [-0.4, -0.2) is 16.1 Å². The number of halogens is 1. The Morgan fingerprint density at radius 1 is 1.20 bits per heavy atom. The van der Waals surface area contributed by atoms with E-state index in [1.807, 2.05) is 13.8 Å². The highest BCUT2D eigenvalue weighted by Gasteiger charge is 2.18. The van der Waals surface area contributed by atoms with E-state index >= 15 is 0 Å². The van der Waals surface area contributed by atoms with E-state index in [-0.39, 0.29) is 11.4 Å². The summed E-state index contributed by atoms with van der Waals surface area (Å²) in [6.45, 7) is 5.41. The largest absolute Gasteiger partial charge is 0.477 e. The highest BCUT2D eigenvalue weighted by molar-refractivity contribution is 6.30. The summed E-state index contributed by atoms with van der Waals surface area (Å²) in [6, 6.07) is 5.16. The predicted molar refractivity (Wildman–Crippen MR) is 76.9 cm³/mol. The van der Waals surface area contributed by atoms with E-state index in [4.69, 9.17) is 16.3 Å². The number of carbonyl (C=O) groups is 1. The van der Waals surface area contributed by atoms with Gasteiger partial charge in [0, 0.05) is 11.2 Å². The number of aromatic nitrogens is 1. The van der Waals surface area contributed by atoms with Crippen LogP contribution in [0.2, 0.25) is 5.02 Å². The first-order valence-electron chi connectivity index (χ1n) is 6.03. The van der Waals surface area contributed by atoms with Crippen molar-refractivity contribution in [2.45, 2.75) is 20.8 Å². The zero-order valence-electron chi connectivity index (χ0n) is 11.4. The number of benzene rings is 1. The number of nitrogens with zero attached hydrogens (tertiary/aromatic N) is 1. The first kappa shape index (κ1) is 14.3. The number of aromatic carboxylic acids is 1. The lowest BCUT2D eigenvalue weighted by atomic mass is 10.1. The Balaban J connectivity index is 2.51. The quantitative estimate of drug-likeness (QED) is 0.923. The minimum absolute atomic E-state index is 0.0706. The zero-order chi connectivity index (χ0) is 14.9. The lowest BCUT2D eigenvalue weighted by Crippen LogP contribution is -2.05. The van der Waals surface area contributed by atoms with E-state index < -0.39 is 5.97 Å². The van der Waals surface area contributed by atoms with Crippen LogP contribution in [0.4, 0.5) is 0 Å². The summed E-state index contributed by atoms with van der Waals surface area (Å²) >= 11 is 5.97. The molecule has 0 aliphatic carbocycles. The highest BCUT2D eigenvalue weighted by Crippen LogP contribution is 2.32. The number of hydrogen-bond donors (Lipinski definition) is 1. The molecule has 0 radical (unpaired) electrons. The van der Waals surface area contributed by atoms with Gasteiger partial charge in [-0.05, 0) is 55.7 Å². The molecule has 2 rings (SSSR count). The number of rotatable bonds is 3. The monoisotopic (exact) mass is 291 g/mol. The van der Waals surface area contributed by atoms with Crippen LogP contribution < -0.4 is 4.74 Å². The number of carboxylic acids is 1. The van der Waals surface area contributed by atoms with Gasteiger partial charge in [0.15, 0.2) is 0 Å². The lowest BCUT2D eigenvalue weighted by Gasteiger charge is -2.13. The van der Waals surface area contributed by atoms with Gasteiger partial charge in [-0.25, -0.2) is 9.78 Å². The normalized spacial score (nSPS) is 10.4. The van der Waals surface area contributed by atoms with Gasteiger partial charge < -0.3 is 9.84 Å². The molecule has 0 saturated heterocycles. The molecule has 1 N–H and O–H groups in total. The Bertz CT molecular complexity index is 660. The molecule has 1 aromatic carbocycles. The number of hydrogen-bond acceptors (Lipinski definition) is 3. The zero-order valence-corrected chi connectivity index (χ0v) is 12.2. The maximum atomic E-state index is 11.3. The van der Waals surface area contributed by atoms with Crippen molar-refractivity contribution in [3.05, 3.63) is 51.7 Å². The molecule has 0 amide bonds. The fourth-order valence-corrected chi connectivity index (χ4v) is 2.35. The van der Waals surface area contributed by atoms with Gasteiger partial charge in [0.25, 0.3) is 0 Å². The second-order valence-electron chi connectivity index (χ2n) is 4.58. The molecule has 0 atom stereocenters. The molecule has 20 heavy (non-hydrogen) atoms. The highest BCUT2D eigenvalue weighted by atomic mass is 35.5. The fourth-order valence-electron chi connectivity index (χ4n) is 2.03. The first-order valence-corrected chi connectivity index (χ1v) is 6.41. The Hall–Kier alpha value is -2.07. The molecule has 1 heterocycles. The van der Waals surface area contributed by atoms with Gasteiger partial charge in [-0.15, -0.1) is 0 Å². The maximum absolute atomic E-state index is 11.3. The van der Waals surface area contributed by atoms with E-state index in [1.54, 1.807) is 25.1 Å². The molecule has 0 saturated carbocycles. The van der Waals surface area contributed by atoms with Crippen molar-refractivity contribution in [2.75, 3.05) is 0 Å². The molecular weight excluding hydrogens is 278 g/mol. The van der Waals surface area contributed by atoms with Gasteiger partial charge in [-0.3, -0.25) is 0 Å². The second-order valence-corrected chi connectivity index (χ2v) is 5.02. The van der Waals surface area contributed by atoms with Gasteiger partial charge in [0.2, 0.25) is 5.88 Å². The minimum atomic E-state index is -1.06. The molecule has 0 fully saturated rings. The van der Waals surface area contributed by atoms with Crippen LogP contribution in [0.3, 0.4) is 0 Å². The molecule has 2 aromatic rings. The summed E-state index contributed by atoms with van der Waals surface area (Å²) in [5, 5.41) is 9.88. The molecule has 0 bridgehead atoms. The second kappa shape index (κ2) is 5.51. The SMILES string of the molecule is Cc1cc(Cl)cc(C)c1Oc1nccc(C)c1C(=O)O. The van der Waals surface area contributed by atoms with Gasteiger partial charge in [0.1, 0.15) is 11.3 Å². The third kappa shape index (κ3) is 2.75. The van der Waals surface area contributed by atoms with Crippen LogP contribution in [0.5, 0.6) is 11.6 Å². The maximum Gasteiger partial charge on any atom is 0.341 e. The van der Waals surface area contributed by atoms with Crippen molar-refractivity contribution in [2.24, 2.45) is 0 Å². The average molecular weight is 292 g/mol. The van der Waals surface area contributed by atoms with Crippen molar-refractivity contribution >= 4 is 17.6 Å². The fraction of sp³-hybridized carbons (Fsp3) is 0.200. The van der Waals surface area contributed by atoms with Crippen LogP contribution in [0.15, 0.2) is 24.4 Å². The van der Waals surface area contributed by atoms with Crippen molar-refractivity contribution in [1.82, 2.24) is 4.98 Å². The summed E-state index contributed by atoms with van der Waals surface area (Å²) < 4.78 is 5.72. The van der Waals surface area contributed by atoms with Crippen molar-refractivity contribution < 1.29 is 14.6 Å². The van der Waals surface area contributed by atoms with E-state index in [1.165, 1.54) is 6.20 Å². The summed E-state index contributed by atoms with van der Waals surface area (Å²) in [4.78, 5) is 15.3. The van der Waals surface area contributed by atoms with Crippen LogP contribution in [-0.2, 0) is 0 Å². The Kier molecular flexibility index (Phi) is 3.95. The van der Waals surface area contributed by atoms with E-state index in [9.17, 15) is 9.90 Å². The van der Waals surface area contributed by atoms with Crippen molar-refractivity contribution in [3.63, 3.8) is 0 Å². The number of pyridine rings is 1. The molecule has 0 unspecified atom stereocenters. The molecule has 0 aliphatic rings. The number of carboxylic acid groups (broad SMARTS) is 1. The Morgan fingerprint density at radius 3 is 2.35 bits per heavy atom. The first-order chi connectivity index (χ1) is 9.40. The molecule has 1 aromatic heterocycles. The molecule has 0 aliphatic heterocycles. The summed E-state index contributed by atoms with van der Waals surface area (Å²) in [5.41, 5.74) is 2.33. The van der Waals surface area contributed by atoms with Crippen molar-refractivity contribution in [3.8, 4) is 11.6 Å². The van der Waals surface area contributed by atoms with Crippen LogP contribution in [0.25, 0.3) is 0 Å². The molecule has 4 nitrogen and oxygen atoms in total. The van der Waals surface area contributed by atoms with Crippen LogP contribution in [0.1, 0.15) is 27.0 Å². The van der Waals surface area contributed by atoms with Gasteiger partial charge in [0.05, 0.1) is 0 Å². The van der Waals surface area contributed by atoms with Crippen LogP contribution in [0, 0.1) is 20.8 Å². The van der Waals surface area contributed by atoms with E-state index in [0.29, 0.717) is 16.3 Å². The Morgan fingerprint density at radius 2 is 1.80 bits per heavy atom. The smallest absolute Gasteiger partial charge is 0.341 e. The molecular formula is C15H14ClNO3.